The van der Waals surface area contributed by atoms with Crippen molar-refractivity contribution in [1.29, 1.82) is 0 Å². The van der Waals surface area contributed by atoms with Gasteiger partial charge in [-0.2, -0.15) is 0 Å². The van der Waals surface area contributed by atoms with E-state index in [-0.39, 0.29) is 33.1 Å². The summed E-state index contributed by atoms with van der Waals surface area (Å²) in [5.41, 5.74) is 3.78. The molecule has 0 saturated heterocycles. The molecule has 0 N–H and O–H groups in total. The average Bonchev–Trinajstić information content (AvgIpc) is 2.55. The molecule has 0 heterocycles. The van der Waals surface area contributed by atoms with Crippen LogP contribution in [0.4, 0.5) is 0 Å². The number of hydrogen-bond acceptors (Lipinski definition) is 1. The smallest absolute Gasteiger partial charge is 0.194 e. The molecular weight excluding hydrogens is 379 g/mol. The first kappa shape index (κ1) is 10.5. The van der Waals surface area contributed by atoms with E-state index in [1.807, 2.05) is 48.5 Å². The van der Waals surface area contributed by atoms with E-state index in [9.17, 15) is 4.79 Å². The van der Waals surface area contributed by atoms with Crippen LogP contribution in [0.25, 0.3) is 11.1 Å². The summed E-state index contributed by atoms with van der Waals surface area (Å²) in [5, 5.41) is 0. The first-order valence-corrected chi connectivity index (χ1v) is 4.61. The molecule has 0 fully saturated rings. The van der Waals surface area contributed by atoms with E-state index in [1.54, 1.807) is 0 Å². The van der Waals surface area contributed by atoms with Crippen molar-refractivity contribution >= 4 is 33.1 Å². The number of carbonyl (C=O) groups is 1. The van der Waals surface area contributed by atoms with Gasteiger partial charge in [-0.15, -0.1) is 0 Å². The maximum Gasteiger partial charge on any atom is 0.194 e. The van der Waals surface area contributed by atoms with Gasteiger partial charge in [0.15, 0.2) is 5.78 Å². The number of hydrogen-bond donors (Lipinski definition) is 0. The average molecular weight is 387 g/mol. The molecule has 2 aromatic carbocycles. The Morgan fingerprint density at radius 2 is 0.933 bits per heavy atom. The summed E-state index contributed by atoms with van der Waals surface area (Å²) >= 11 is 0. The van der Waals surface area contributed by atoms with Crippen LogP contribution in [-0.4, -0.2) is 33.1 Å². The number of ketones is 1. The normalized spacial score (nSPS) is 11.6. The van der Waals surface area contributed by atoms with E-state index in [0.717, 1.165) is 22.3 Å². The zero-order chi connectivity index (χ0) is 9.54. The van der Waals surface area contributed by atoms with Crippen molar-refractivity contribution in [3.63, 3.8) is 0 Å². The second-order valence-electron chi connectivity index (χ2n) is 3.42. The van der Waals surface area contributed by atoms with E-state index in [1.165, 1.54) is 0 Å². The van der Waals surface area contributed by atoms with Crippen molar-refractivity contribution in [3.8, 4) is 11.1 Å². The summed E-state index contributed by atoms with van der Waals surface area (Å²) in [6.45, 7) is 0. The molecule has 0 spiro atoms. The SMILES string of the molecule is O=C1c2ccccc2-c2ccccc21.[Pb]. The number of fused-ring (bicyclic) bond motifs is 3. The van der Waals surface area contributed by atoms with Crippen molar-refractivity contribution in [3.05, 3.63) is 59.7 Å². The van der Waals surface area contributed by atoms with Crippen LogP contribution >= 0.6 is 0 Å². The summed E-state index contributed by atoms with van der Waals surface area (Å²) in [4.78, 5) is 11.9. The van der Waals surface area contributed by atoms with Crippen LogP contribution in [0.2, 0.25) is 0 Å². The monoisotopic (exact) mass is 388 g/mol. The molecule has 0 amide bonds. The van der Waals surface area contributed by atoms with Gasteiger partial charge in [0.25, 0.3) is 0 Å². The summed E-state index contributed by atoms with van der Waals surface area (Å²) < 4.78 is 0. The fourth-order valence-corrected chi connectivity index (χ4v) is 1.98. The second kappa shape index (κ2) is 3.89. The molecule has 1 aliphatic rings. The Kier molecular flexibility index (Phi) is 2.73. The van der Waals surface area contributed by atoms with Crippen LogP contribution in [0.15, 0.2) is 48.5 Å². The summed E-state index contributed by atoms with van der Waals surface area (Å²) in [7, 11) is 0. The van der Waals surface area contributed by atoms with E-state index in [4.69, 9.17) is 0 Å². The third-order valence-corrected chi connectivity index (χ3v) is 2.63. The van der Waals surface area contributed by atoms with Crippen LogP contribution in [-0.2, 0) is 0 Å². The van der Waals surface area contributed by atoms with E-state index in [2.05, 4.69) is 0 Å². The molecule has 1 nitrogen and oxygen atoms in total. The molecule has 15 heavy (non-hydrogen) atoms. The minimum atomic E-state index is 0. The van der Waals surface area contributed by atoms with Gasteiger partial charge in [-0.3, -0.25) is 4.79 Å². The minimum absolute atomic E-state index is 0. The maximum absolute atomic E-state index is 11.9. The fourth-order valence-electron chi connectivity index (χ4n) is 1.98. The summed E-state index contributed by atoms with van der Waals surface area (Å²) in [5.74, 6) is 0.149. The van der Waals surface area contributed by atoms with E-state index in [0.29, 0.717) is 0 Å². The Hall–Kier alpha value is -0.968. The molecule has 70 valence electrons. The molecule has 1 aliphatic carbocycles. The maximum atomic E-state index is 11.9. The Balaban J connectivity index is 0.000000853. The fraction of sp³-hybridized carbons (Fsp3) is 0. The molecule has 0 aromatic heterocycles. The first-order valence-electron chi connectivity index (χ1n) is 4.61. The van der Waals surface area contributed by atoms with Crippen molar-refractivity contribution in [1.82, 2.24) is 0 Å². The van der Waals surface area contributed by atoms with Crippen molar-refractivity contribution in [2.75, 3.05) is 0 Å². The van der Waals surface area contributed by atoms with Gasteiger partial charge in [0.1, 0.15) is 0 Å². The molecule has 2 heteroatoms. The van der Waals surface area contributed by atoms with Crippen LogP contribution in [0, 0.1) is 0 Å². The summed E-state index contributed by atoms with van der Waals surface area (Å²) in [6.07, 6.45) is 0. The van der Waals surface area contributed by atoms with Crippen molar-refractivity contribution in [2.24, 2.45) is 0 Å². The predicted molar refractivity (Wildman–Crippen MR) is 61.1 cm³/mol. The van der Waals surface area contributed by atoms with Crippen LogP contribution in [0.3, 0.4) is 0 Å². The quantitative estimate of drug-likeness (QED) is 0.542. The Morgan fingerprint density at radius 1 is 0.600 bits per heavy atom. The molecule has 4 radical (unpaired) electrons. The zero-order valence-electron chi connectivity index (χ0n) is 8.03. The first-order chi connectivity index (χ1) is 6.88. The third kappa shape index (κ3) is 1.45. The summed E-state index contributed by atoms with van der Waals surface area (Å²) in [6, 6.07) is 15.5. The molecule has 3 rings (SSSR count). The van der Waals surface area contributed by atoms with Gasteiger partial charge in [-0.25, -0.2) is 0 Å². The zero-order valence-corrected chi connectivity index (χ0v) is 11.9. The van der Waals surface area contributed by atoms with Crippen molar-refractivity contribution < 1.29 is 4.79 Å². The molecule has 2 aromatic rings. The van der Waals surface area contributed by atoms with Crippen molar-refractivity contribution in [2.45, 2.75) is 0 Å². The largest absolute Gasteiger partial charge is 0.289 e. The Labute approximate surface area is 108 Å². The number of benzene rings is 2. The number of rotatable bonds is 0. The molecule has 0 atom stereocenters. The number of carbonyl (C=O) groups excluding carboxylic acids is 1. The topological polar surface area (TPSA) is 17.1 Å². The minimum Gasteiger partial charge on any atom is -0.289 e. The molecule has 0 unspecified atom stereocenters. The van der Waals surface area contributed by atoms with E-state index >= 15 is 0 Å². The molecule has 0 aliphatic heterocycles. The van der Waals surface area contributed by atoms with Gasteiger partial charge in [0.05, 0.1) is 0 Å². The van der Waals surface area contributed by atoms with Crippen LogP contribution in [0.1, 0.15) is 15.9 Å². The van der Waals surface area contributed by atoms with Crippen LogP contribution < -0.4 is 0 Å². The van der Waals surface area contributed by atoms with Crippen LogP contribution in [0.5, 0.6) is 0 Å². The van der Waals surface area contributed by atoms with Gasteiger partial charge in [-0.05, 0) is 11.1 Å². The van der Waals surface area contributed by atoms with Gasteiger partial charge >= 0.3 is 0 Å². The third-order valence-electron chi connectivity index (χ3n) is 2.63. The Bertz CT molecular complexity index is 484. The van der Waals surface area contributed by atoms with E-state index < -0.39 is 0 Å². The predicted octanol–water partition coefficient (Wildman–Crippen LogP) is 2.52. The van der Waals surface area contributed by atoms with Gasteiger partial charge < -0.3 is 0 Å². The van der Waals surface area contributed by atoms with Gasteiger partial charge in [-0.1, -0.05) is 48.5 Å². The molecule has 0 bridgehead atoms. The second-order valence-corrected chi connectivity index (χ2v) is 3.42. The molecule has 0 saturated carbocycles. The molecular formula is C13H8OPb. The van der Waals surface area contributed by atoms with Gasteiger partial charge in [0, 0.05) is 38.4 Å². The van der Waals surface area contributed by atoms with Gasteiger partial charge in [0.2, 0.25) is 0 Å². The standard InChI is InChI=1S/C13H8O.Pb/c14-13-11-7-3-1-5-9(11)10-6-2-4-8-12(10)13;/h1-8H;. The Morgan fingerprint density at radius 3 is 1.33 bits per heavy atom.